The van der Waals surface area contributed by atoms with Gasteiger partial charge in [-0.05, 0) is 45.6 Å². The number of aliphatic hydroxyl groups is 1. The first-order valence-electron chi connectivity index (χ1n) is 7.32. The molecule has 2 saturated carbocycles. The largest absolute Gasteiger partial charge is 0.388 e. The van der Waals surface area contributed by atoms with Crippen LogP contribution >= 0.6 is 0 Å². The first kappa shape index (κ1) is 15.3. The second kappa shape index (κ2) is 5.69. The van der Waals surface area contributed by atoms with Gasteiger partial charge < -0.3 is 15.3 Å². The van der Waals surface area contributed by atoms with Crippen molar-refractivity contribution in [3.8, 4) is 0 Å². The predicted octanol–water partition coefficient (Wildman–Crippen LogP) is -0.178. The Balaban J connectivity index is 1.83. The van der Waals surface area contributed by atoms with Gasteiger partial charge in [0, 0.05) is 19.5 Å². The molecule has 0 bridgehead atoms. The van der Waals surface area contributed by atoms with Crippen LogP contribution in [-0.2, 0) is 9.59 Å². The van der Waals surface area contributed by atoms with E-state index in [9.17, 15) is 14.7 Å². The van der Waals surface area contributed by atoms with Crippen LogP contribution in [-0.4, -0.2) is 54.2 Å². The van der Waals surface area contributed by atoms with Gasteiger partial charge in [0.15, 0.2) is 0 Å². The van der Waals surface area contributed by atoms with E-state index in [2.05, 4.69) is 10.6 Å². The summed E-state index contributed by atoms with van der Waals surface area (Å²) >= 11 is 0. The van der Waals surface area contributed by atoms with Gasteiger partial charge in [0.25, 0.3) is 0 Å². The predicted molar refractivity (Wildman–Crippen MR) is 74.8 cm³/mol. The molecule has 0 aromatic heterocycles. The van der Waals surface area contributed by atoms with Crippen LogP contribution in [0.1, 0.15) is 38.5 Å². The van der Waals surface area contributed by atoms with Crippen LogP contribution in [0.15, 0.2) is 0 Å². The van der Waals surface area contributed by atoms with Gasteiger partial charge in [0.2, 0.25) is 12.3 Å². The summed E-state index contributed by atoms with van der Waals surface area (Å²) in [6.45, 7) is 0.369. The third kappa shape index (κ3) is 3.12. The molecule has 0 spiro atoms. The number of rotatable bonds is 6. The smallest absolute Gasteiger partial charge is 0.223 e. The molecule has 2 aliphatic carbocycles. The molecule has 2 fully saturated rings. The second-order valence-electron chi connectivity index (χ2n) is 6.21. The first-order chi connectivity index (χ1) is 9.45. The van der Waals surface area contributed by atoms with Gasteiger partial charge in [-0.1, -0.05) is 0 Å². The van der Waals surface area contributed by atoms with Crippen molar-refractivity contribution in [3.05, 3.63) is 0 Å². The van der Waals surface area contributed by atoms with E-state index in [1.54, 1.807) is 11.9 Å². The van der Waals surface area contributed by atoms with E-state index >= 15 is 0 Å². The molecule has 0 atom stereocenters. The van der Waals surface area contributed by atoms with Gasteiger partial charge in [-0.15, -0.1) is 0 Å². The summed E-state index contributed by atoms with van der Waals surface area (Å²) in [7, 11) is 3.62. The van der Waals surface area contributed by atoms with Gasteiger partial charge in [0.1, 0.15) is 0 Å². The number of nitrogens with zero attached hydrogens (tertiary/aromatic N) is 1. The fraction of sp³-hybridized carbons (Fsp3) is 0.857. The van der Waals surface area contributed by atoms with Crippen molar-refractivity contribution in [2.45, 2.75) is 49.8 Å². The zero-order valence-corrected chi connectivity index (χ0v) is 12.3. The van der Waals surface area contributed by atoms with E-state index in [0.29, 0.717) is 6.54 Å². The summed E-state index contributed by atoms with van der Waals surface area (Å²) in [5, 5.41) is 15.8. The lowest BCUT2D eigenvalue weighted by Gasteiger charge is -2.44. The van der Waals surface area contributed by atoms with Crippen molar-refractivity contribution >= 4 is 12.3 Å². The average Bonchev–Trinajstić information content (AvgIpc) is 3.22. The fourth-order valence-corrected chi connectivity index (χ4v) is 2.95. The van der Waals surface area contributed by atoms with Crippen molar-refractivity contribution in [1.29, 1.82) is 0 Å². The monoisotopic (exact) mass is 283 g/mol. The Hall–Kier alpha value is -1.14. The van der Waals surface area contributed by atoms with Crippen LogP contribution in [0.5, 0.6) is 0 Å². The van der Waals surface area contributed by atoms with E-state index in [-0.39, 0.29) is 17.5 Å². The lowest BCUT2D eigenvalue weighted by molar-refractivity contribution is -0.130. The molecular weight excluding hydrogens is 258 g/mol. The number of hydrogen-bond acceptors (Lipinski definition) is 4. The van der Waals surface area contributed by atoms with Crippen LogP contribution in [0.25, 0.3) is 0 Å². The summed E-state index contributed by atoms with van der Waals surface area (Å²) in [6.07, 6.45) is 5.43. The Morgan fingerprint density at radius 3 is 2.40 bits per heavy atom. The van der Waals surface area contributed by atoms with E-state index in [1.807, 2.05) is 7.05 Å². The summed E-state index contributed by atoms with van der Waals surface area (Å²) in [5.41, 5.74) is -0.968. The molecule has 2 amide bonds. The van der Waals surface area contributed by atoms with E-state index < -0.39 is 5.60 Å². The van der Waals surface area contributed by atoms with Crippen LogP contribution in [0.2, 0.25) is 0 Å². The normalized spacial score (nSPS) is 31.4. The second-order valence-corrected chi connectivity index (χ2v) is 6.21. The minimum atomic E-state index is -0.642. The minimum Gasteiger partial charge on any atom is -0.388 e. The highest BCUT2D eigenvalue weighted by Gasteiger charge is 2.42. The fourth-order valence-electron chi connectivity index (χ4n) is 2.95. The molecule has 0 saturated heterocycles. The zero-order chi connectivity index (χ0) is 14.8. The topological polar surface area (TPSA) is 81.7 Å². The van der Waals surface area contributed by atoms with Crippen molar-refractivity contribution in [2.24, 2.45) is 5.92 Å². The maximum absolute atomic E-state index is 12.1. The number of carbonyl (C=O) groups is 2. The van der Waals surface area contributed by atoms with Gasteiger partial charge in [-0.2, -0.15) is 0 Å². The Kier molecular flexibility index (Phi) is 4.34. The molecule has 0 aromatic carbocycles. The molecule has 20 heavy (non-hydrogen) atoms. The molecule has 6 heteroatoms. The molecular formula is C14H25N3O3. The number of hydrogen-bond donors (Lipinski definition) is 3. The third-order valence-corrected chi connectivity index (χ3v) is 4.90. The summed E-state index contributed by atoms with van der Waals surface area (Å²) in [5.74, 6) is 0.0164. The molecule has 0 radical (unpaired) electrons. The number of carbonyl (C=O) groups excluding carboxylic acids is 2. The Bertz CT molecular complexity index is 374. The summed E-state index contributed by atoms with van der Waals surface area (Å²) in [4.78, 5) is 24.7. The van der Waals surface area contributed by atoms with Crippen LogP contribution in [0.4, 0.5) is 0 Å². The van der Waals surface area contributed by atoms with Crippen molar-refractivity contribution < 1.29 is 14.7 Å². The van der Waals surface area contributed by atoms with Gasteiger partial charge >= 0.3 is 0 Å². The van der Waals surface area contributed by atoms with Crippen molar-refractivity contribution in [3.63, 3.8) is 0 Å². The van der Waals surface area contributed by atoms with Gasteiger partial charge in [0.05, 0.1) is 11.3 Å². The number of amides is 2. The quantitative estimate of drug-likeness (QED) is 0.467. The molecule has 2 rings (SSSR count). The molecule has 6 nitrogen and oxygen atoms in total. The van der Waals surface area contributed by atoms with Crippen LogP contribution < -0.4 is 10.6 Å². The first-order valence-corrected chi connectivity index (χ1v) is 7.32. The molecule has 2 aliphatic rings. The van der Waals surface area contributed by atoms with Gasteiger partial charge in [-0.3, -0.25) is 14.9 Å². The Labute approximate surface area is 119 Å². The van der Waals surface area contributed by atoms with Crippen molar-refractivity contribution in [1.82, 2.24) is 15.5 Å². The molecule has 0 unspecified atom stereocenters. The SMILES string of the molecule is CNC1(N(C)C=O)CCC(C(=O)NCC2(O)CC2)CC1. The standard InChI is InChI=1S/C14H25N3O3/c1-15-14(17(2)10-18)5-3-11(4-6-14)12(19)16-9-13(20)7-8-13/h10-11,15,20H,3-9H2,1-2H3,(H,16,19). The van der Waals surface area contributed by atoms with E-state index in [1.165, 1.54) is 0 Å². The maximum atomic E-state index is 12.1. The van der Waals surface area contributed by atoms with E-state index in [0.717, 1.165) is 44.9 Å². The van der Waals surface area contributed by atoms with Crippen molar-refractivity contribution in [2.75, 3.05) is 20.6 Å². The van der Waals surface area contributed by atoms with Gasteiger partial charge in [-0.25, -0.2) is 0 Å². The highest BCUT2D eigenvalue weighted by Crippen LogP contribution is 2.35. The van der Waals surface area contributed by atoms with Crippen LogP contribution in [0, 0.1) is 5.92 Å². The van der Waals surface area contributed by atoms with Crippen LogP contribution in [0.3, 0.4) is 0 Å². The third-order valence-electron chi connectivity index (χ3n) is 4.90. The summed E-state index contributed by atoms with van der Waals surface area (Å²) < 4.78 is 0. The molecule has 0 aliphatic heterocycles. The van der Waals surface area contributed by atoms with E-state index in [4.69, 9.17) is 0 Å². The maximum Gasteiger partial charge on any atom is 0.223 e. The summed E-state index contributed by atoms with van der Waals surface area (Å²) in [6, 6.07) is 0. The zero-order valence-electron chi connectivity index (χ0n) is 12.3. The lowest BCUT2D eigenvalue weighted by atomic mass is 9.80. The minimum absolute atomic E-state index is 0.0149. The number of nitrogens with one attached hydrogen (secondary N) is 2. The highest BCUT2D eigenvalue weighted by molar-refractivity contribution is 5.78. The Morgan fingerprint density at radius 2 is 1.95 bits per heavy atom. The molecule has 0 heterocycles. The molecule has 0 aromatic rings. The lowest BCUT2D eigenvalue weighted by Crippen LogP contribution is -2.58. The average molecular weight is 283 g/mol. The molecule has 3 N–H and O–H groups in total. The Morgan fingerprint density at radius 1 is 1.35 bits per heavy atom. The molecule has 114 valence electrons. The highest BCUT2D eigenvalue weighted by atomic mass is 16.3.